The molecule has 176 valence electrons. The molecule has 1 atom stereocenters. The maximum atomic E-state index is 13.5. The van der Waals surface area contributed by atoms with Gasteiger partial charge in [0.05, 0.1) is 29.5 Å². The molecule has 0 aliphatic carbocycles. The lowest BCUT2D eigenvalue weighted by molar-refractivity contribution is -0.140. The molecule has 0 fully saturated rings. The number of rotatable bonds is 8. The lowest BCUT2D eigenvalue weighted by Gasteiger charge is -2.23. The Labute approximate surface area is 204 Å². The maximum absolute atomic E-state index is 13.5. The van der Waals surface area contributed by atoms with Crippen molar-refractivity contribution in [3.8, 4) is 5.75 Å². The molecule has 1 aliphatic rings. The Kier molecular flexibility index (Phi) is 7.56. The number of benzene rings is 1. The molecule has 0 spiro atoms. The van der Waals surface area contributed by atoms with Gasteiger partial charge in [-0.05, 0) is 30.5 Å². The maximum Gasteiger partial charge on any atom is 0.338 e. The first-order valence-electron chi connectivity index (χ1n) is 10.6. The molecule has 1 aromatic carbocycles. The topological polar surface area (TPSA) is 79.1 Å². The zero-order chi connectivity index (χ0) is 24.1. The number of allylic oxidation sites excluding steroid dienone is 2. The molecule has 0 saturated heterocycles. The molecular weight excluding hydrogens is 472 g/mol. The van der Waals surface area contributed by atoms with E-state index >= 15 is 0 Å². The highest BCUT2D eigenvalue weighted by molar-refractivity contribution is 7.10. The first kappa shape index (κ1) is 23.9. The highest BCUT2D eigenvalue weighted by Gasteiger charge is 2.33. The number of hydrogen-bond donors (Lipinski definition) is 0. The Morgan fingerprint density at radius 3 is 2.74 bits per heavy atom. The lowest BCUT2D eigenvalue weighted by Crippen LogP contribution is -2.39. The van der Waals surface area contributed by atoms with Gasteiger partial charge in [0.25, 0.3) is 5.56 Å². The molecule has 9 heteroatoms. The molecule has 1 unspecified atom stereocenters. The molecule has 0 bridgehead atoms. The largest absolute Gasteiger partial charge is 0.496 e. The van der Waals surface area contributed by atoms with Crippen LogP contribution in [0.1, 0.15) is 23.4 Å². The summed E-state index contributed by atoms with van der Waals surface area (Å²) < 4.78 is 17.9. The summed E-state index contributed by atoms with van der Waals surface area (Å²) in [6.07, 6.45) is 5.47. The molecular formula is C25H24N2O5S2. The van der Waals surface area contributed by atoms with Crippen molar-refractivity contribution in [2.75, 3.05) is 27.4 Å². The van der Waals surface area contributed by atoms with Crippen LogP contribution in [-0.4, -0.2) is 38.0 Å². The molecule has 7 nitrogen and oxygen atoms in total. The summed E-state index contributed by atoms with van der Waals surface area (Å²) in [4.78, 5) is 32.4. The summed E-state index contributed by atoms with van der Waals surface area (Å²) >= 11 is 2.77. The van der Waals surface area contributed by atoms with Crippen LogP contribution in [0, 0.1) is 0 Å². The predicted molar refractivity (Wildman–Crippen MR) is 134 cm³/mol. The minimum Gasteiger partial charge on any atom is -0.496 e. The number of thiazole rings is 1. The molecule has 3 aromatic rings. The SMILES string of the molecule is COCCOC(=O)C1=C(C)N=c2sc(=CC=Cc3ccccc3OC)c(=O)n2C1c1cccs1. The van der Waals surface area contributed by atoms with E-state index in [-0.39, 0.29) is 12.2 Å². The summed E-state index contributed by atoms with van der Waals surface area (Å²) in [5, 5.41) is 1.92. The fraction of sp³-hybridized carbons (Fsp3) is 0.240. The van der Waals surface area contributed by atoms with Gasteiger partial charge in [-0.25, -0.2) is 9.79 Å². The van der Waals surface area contributed by atoms with Crippen LogP contribution in [0.3, 0.4) is 0 Å². The summed E-state index contributed by atoms with van der Waals surface area (Å²) in [5.41, 5.74) is 1.60. The van der Waals surface area contributed by atoms with Crippen molar-refractivity contribution in [1.29, 1.82) is 0 Å². The number of aromatic nitrogens is 1. The van der Waals surface area contributed by atoms with Gasteiger partial charge in [-0.15, -0.1) is 11.3 Å². The van der Waals surface area contributed by atoms with Crippen molar-refractivity contribution in [2.45, 2.75) is 13.0 Å². The van der Waals surface area contributed by atoms with Gasteiger partial charge in [0.1, 0.15) is 18.4 Å². The predicted octanol–water partition coefficient (Wildman–Crippen LogP) is 3.16. The van der Waals surface area contributed by atoms with Gasteiger partial charge in [0, 0.05) is 17.6 Å². The van der Waals surface area contributed by atoms with Crippen molar-refractivity contribution in [3.05, 3.63) is 89.3 Å². The number of hydrogen-bond acceptors (Lipinski definition) is 8. The Bertz CT molecular complexity index is 1410. The number of ether oxygens (including phenoxy) is 3. The smallest absolute Gasteiger partial charge is 0.338 e. The van der Waals surface area contributed by atoms with Crippen LogP contribution in [0.4, 0.5) is 0 Å². The van der Waals surface area contributed by atoms with Gasteiger partial charge in [0.15, 0.2) is 4.80 Å². The van der Waals surface area contributed by atoms with Gasteiger partial charge in [-0.2, -0.15) is 0 Å². The van der Waals surface area contributed by atoms with Crippen molar-refractivity contribution in [2.24, 2.45) is 4.99 Å². The van der Waals surface area contributed by atoms with E-state index in [1.54, 1.807) is 31.8 Å². The zero-order valence-electron chi connectivity index (χ0n) is 19.0. The van der Waals surface area contributed by atoms with Crippen LogP contribution in [0.25, 0.3) is 12.2 Å². The molecule has 3 heterocycles. The summed E-state index contributed by atoms with van der Waals surface area (Å²) in [6, 6.07) is 10.9. The van der Waals surface area contributed by atoms with Crippen LogP contribution in [-0.2, 0) is 14.3 Å². The second-order valence-corrected chi connectivity index (χ2v) is 9.34. The van der Waals surface area contributed by atoms with E-state index < -0.39 is 12.0 Å². The Morgan fingerprint density at radius 1 is 1.18 bits per heavy atom. The fourth-order valence-corrected chi connectivity index (χ4v) is 5.47. The summed E-state index contributed by atoms with van der Waals surface area (Å²) in [7, 11) is 3.16. The van der Waals surface area contributed by atoms with E-state index in [0.29, 0.717) is 27.2 Å². The number of nitrogens with zero attached hydrogens (tertiary/aromatic N) is 2. The number of para-hydroxylation sites is 1. The third-order valence-corrected chi connectivity index (χ3v) is 7.16. The molecule has 0 radical (unpaired) electrons. The molecule has 34 heavy (non-hydrogen) atoms. The number of carbonyl (C=O) groups is 1. The minimum absolute atomic E-state index is 0.126. The van der Waals surface area contributed by atoms with Crippen LogP contribution in [0.2, 0.25) is 0 Å². The van der Waals surface area contributed by atoms with Crippen molar-refractivity contribution >= 4 is 40.8 Å². The number of esters is 1. The molecule has 0 amide bonds. The quantitative estimate of drug-likeness (QED) is 0.354. The number of thiophene rings is 1. The normalized spacial score (nSPS) is 16.0. The van der Waals surface area contributed by atoms with Crippen molar-refractivity contribution in [3.63, 3.8) is 0 Å². The van der Waals surface area contributed by atoms with E-state index in [1.165, 1.54) is 22.7 Å². The number of fused-ring (bicyclic) bond motifs is 1. The second-order valence-electron chi connectivity index (χ2n) is 7.35. The van der Waals surface area contributed by atoms with E-state index in [0.717, 1.165) is 16.2 Å². The van der Waals surface area contributed by atoms with Crippen LogP contribution in [0.15, 0.2) is 68.9 Å². The Hall–Kier alpha value is -3.27. The van der Waals surface area contributed by atoms with Gasteiger partial charge >= 0.3 is 5.97 Å². The number of carbonyl (C=O) groups excluding carboxylic acids is 1. The summed E-state index contributed by atoms with van der Waals surface area (Å²) in [6.45, 7) is 2.19. The molecule has 0 saturated carbocycles. The number of methoxy groups -OCH3 is 2. The monoisotopic (exact) mass is 496 g/mol. The Balaban J connectivity index is 1.76. The van der Waals surface area contributed by atoms with Gasteiger partial charge in [-0.1, -0.05) is 47.8 Å². The highest BCUT2D eigenvalue weighted by Crippen LogP contribution is 2.33. The van der Waals surface area contributed by atoms with E-state index in [2.05, 4.69) is 4.99 Å². The van der Waals surface area contributed by atoms with Crippen molar-refractivity contribution in [1.82, 2.24) is 4.57 Å². The van der Waals surface area contributed by atoms with Crippen LogP contribution >= 0.6 is 22.7 Å². The minimum atomic E-state index is -0.591. The van der Waals surface area contributed by atoms with Gasteiger partial charge < -0.3 is 14.2 Å². The van der Waals surface area contributed by atoms with E-state index in [9.17, 15) is 9.59 Å². The Morgan fingerprint density at radius 2 is 2.00 bits per heavy atom. The third-order valence-electron chi connectivity index (χ3n) is 5.24. The van der Waals surface area contributed by atoms with E-state index in [4.69, 9.17) is 14.2 Å². The van der Waals surface area contributed by atoms with Crippen LogP contribution < -0.4 is 19.6 Å². The lowest BCUT2D eigenvalue weighted by atomic mass is 10.0. The van der Waals surface area contributed by atoms with Gasteiger partial charge in [0.2, 0.25) is 0 Å². The molecule has 1 aliphatic heterocycles. The standard InChI is InChI=1S/C25H24N2O5S2/c1-16-21(24(29)32-14-13-30-2)22(19-12-7-15-33-19)27-23(28)20(34-25(27)26-16)11-6-9-17-8-4-5-10-18(17)31-3/h4-12,15,22H,13-14H2,1-3H3. The first-order valence-corrected chi connectivity index (χ1v) is 12.3. The zero-order valence-corrected chi connectivity index (χ0v) is 20.7. The summed E-state index contributed by atoms with van der Waals surface area (Å²) in [5.74, 6) is 0.251. The molecule has 0 N–H and O–H groups in total. The fourth-order valence-electron chi connectivity index (χ4n) is 3.65. The molecule has 2 aromatic heterocycles. The van der Waals surface area contributed by atoms with Crippen LogP contribution in [0.5, 0.6) is 5.75 Å². The average Bonchev–Trinajstić information content (AvgIpc) is 3.47. The third kappa shape index (κ3) is 4.82. The average molecular weight is 497 g/mol. The van der Waals surface area contributed by atoms with Gasteiger partial charge in [-0.3, -0.25) is 9.36 Å². The van der Waals surface area contributed by atoms with E-state index in [1.807, 2.05) is 53.9 Å². The molecule has 4 rings (SSSR count). The second kappa shape index (κ2) is 10.8. The van der Waals surface area contributed by atoms with Crippen molar-refractivity contribution < 1.29 is 19.0 Å². The highest BCUT2D eigenvalue weighted by atomic mass is 32.1. The first-order chi connectivity index (χ1) is 16.5.